The van der Waals surface area contributed by atoms with Crippen LogP contribution in [0.15, 0.2) is 103 Å². The van der Waals surface area contributed by atoms with Gasteiger partial charge in [-0.15, -0.1) is 32.9 Å². The molecular weight excluding hydrogens is 893 g/mol. The largest absolute Gasteiger partial charge is 0.495 e. The van der Waals surface area contributed by atoms with E-state index in [0.29, 0.717) is 76.2 Å². The molecule has 10 aromatic rings. The van der Waals surface area contributed by atoms with Crippen LogP contribution in [0, 0.1) is 0 Å². The van der Waals surface area contributed by atoms with Crippen molar-refractivity contribution < 1.29 is 38.3 Å². The molecular formula is C49H44N8O8S2. The van der Waals surface area contributed by atoms with Gasteiger partial charge in [0.25, 0.3) is 0 Å². The Labute approximate surface area is 391 Å². The molecule has 0 bridgehead atoms. The van der Waals surface area contributed by atoms with E-state index in [2.05, 4.69) is 28.8 Å². The molecule has 0 saturated carbocycles. The first-order valence-corrected chi connectivity index (χ1v) is 22.6. The Bertz CT molecular complexity index is 3410. The van der Waals surface area contributed by atoms with Gasteiger partial charge < -0.3 is 48.9 Å². The number of nitrogens with one attached hydrogen (secondary N) is 2. The molecule has 0 radical (unpaired) electrons. The Hall–Kier alpha value is -7.80. The van der Waals surface area contributed by atoms with Gasteiger partial charge in [0.05, 0.1) is 76.1 Å². The van der Waals surface area contributed by atoms with Crippen LogP contribution in [0.2, 0.25) is 0 Å². The average molecular weight is 937 g/mol. The first-order chi connectivity index (χ1) is 32.8. The first-order valence-electron chi connectivity index (χ1n) is 21.0. The molecule has 0 atom stereocenters. The summed E-state index contributed by atoms with van der Waals surface area (Å²) in [5.74, 6) is 5.54. The first kappa shape index (κ1) is 43.1. The number of hydrogen-bond acceptors (Lipinski definition) is 16. The van der Waals surface area contributed by atoms with Crippen molar-refractivity contribution in [1.29, 1.82) is 0 Å². The quantitative estimate of drug-likeness (QED) is 0.0737. The van der Waals surface area contributed by atoms with Gasteiger partial charge in [0.2, 0.25) is 0 Å². The molecule has 0 aliphatic rings. The zero-order valence-corrected chi connectivity index (χ0v) is 38.9. The summed E-state index contributed by atoms with van der Waals surface area (Å²) in [6.07, 6.45) is 4.19. The van der Waals surface area contributed by atoms with Crippen LogP contribution in [-0.2, 0) is 0 Å². The minimum atomic E-state index is 0.0343. The smallest absolute Gasteiger partial charge is 0.162 e. The van der Waals surface area contributed by atoms with Crippen LogP contribution in [0.25, 0.3) is 63.7 Å². The molecule has 67 heavy (non-hydrogen) atoms. The molecule has 10 rings (SSSR count). The lowest BCUT2D eigenvalue weighted by Crippen LogP contribution is -2.04. The number of nitrogens with zero attached hydrogens (tertiary/aromatic N) is 6. The normalized spacial score (nSPS) is 11.4. The highest BCUT2D eigenvalue weighted by molar-refractivity contribution is 7.22. The SMILES string of the molecule is COc1ccc(Nc2ccc3ncc(-c4cc5cc(-c6cc(Nc7ccc(OCCCO)c(OC)c7)nn7c(-c8cc9cc(OC)c(OC)cc9s8)cnc67)cc(OC)c5s4)n3n2)cc1OC. The fourth-order valence-corrected chi connectivity index (χ4v) is 10.1. The monoisotopic (exact) mass is 936 g/mol. The maximum absolute atomic E-state index is 9.28. The zero-order chi connectivity index (χ0) is 46.2. The van der Waals surface area contributed by atoms with Gasteiger partial charge in [-0.25, -0.2) is 19.0 Å². The van der Waals surface area contributed by atoms with Gasteiger partial charge in [-0.2, -0.15) is 0 Å². The number of imidazole rings is 2. The lowest BCUT2D eigenvalue weighted by atomic mass is 10.0. The highest BCUT2D eigenvalue weighted by atomic mass is 32.1. The van der Waals surface area contributed by atoms with Gasteiger partial charge in [0, 0.05) is 52.9 Å². The molecule has 6 aromatic heterocycles. The maximum Gasteiger partial charge on any atom is 0.162 e. The molecule has 0 aliphatic carbocycles. The molecule has 16 nitrogen and oxygen atoms in total. The van der Waals surface area contributed by atoms with Crippen LogP contribution in [0.4, 0.5) is 23.0 Å². The van der Waals surface area contributed by atoms with Crippen molar-refractivity contribution in [2.45, 2.75) is 6.42 Å². The summed E-state index contributed by atoms with van der Waals surface area (Å²) in [6.45, 7) is 0.393. The second-order valence-corrected chi connectivity index (χ2v) is 17.3. The standard InChI is InChI=1S/C49H44N8O8S2/c1-59-35-10-8-30(21-38(35)61-3)52-45-12-13-47-50-25-33(56(47)54-45)44-20-29-16-27(17-41(64-6)48(29)67-44)32-23-46(53-31-9-11-36(39(22-31)62-4)65-15-7-14-58)55-57-34(26-51-49(32)57)43-19-28-18-37(60-2)40(63-5)24-42(28)66-43/h8-13,16-26,58H,7,14-15H2,1-6H3,(H,52,54)(H,53,55). The molecule has 0 saturated heterocycles. The third-order valence-corrected chi connectivity index (χ3v) is 13.4. The molecule has 0 fully saturated rings. The molecule has 0 aliphatic heterocycles. The van der Waals surface area contributed by atoms with Gasteiger partial charge in [-0.05, 0) is 89.1 Å². The van der Waals surface area contributed by atoms with Crippen molar-refractivity contribution in [2.24, 2.45) is 0 Å². The molecule has 0 spiro atoms. The second kappa shape index (κ2) is 18.2. The van der Waals surface area contributed by atoms with Crippen molar-refractivity contribution >= 4 is 77.2 Å². The van der Waals surface area contributed by atoms with E-state index in [4.69, 9.17) is 53.3 Å². The molecule has 340 valence electrons. The van der Waals surface area contributed by atoms with Crippen molar-refractivity contribution in [3.8, 4) is 72.5 Å². The van der Waals surface area contributed by atoms with Gasteiger partial charge in [0.1, 0.15) is 17.1 Å². The third kappa shape index (κ3) is 8.15. The average Bonchev–Trinajstić information content (AvgIpc) is 4.18. The van der Waals surface area contributed by atoms with E-state index in [9.17, 15) is 5.11 Å². The highest BCUT2D eigenvalue weighted by Crippen LogP contribution is 2.45. The second-order valence-electron chi connectivity index (χ2n) is 15.1. The fourth-order valence-electron chi connectivity index (χ4n) is 7.89. The number of aromatic nitrogens is 6. The van der Waals surface area contributed by atoms with Crippen LogP contribution in [0.1, 0.15) is 6.42 Å². The van der Waals surface area contributed by atoms with Crippen molar-refractivity contribution in [3.05, 3.63) is 103 Å². The number of methoxy groups -OCH3 is 6. The summed E-state index contributed by atoms with van der Waals surface area (Å²) < 4.78 is 45.5. The Morgan fingerprint density at radius 1 is 0.552 bits per heavy atom. The topological polar surface area (TPSA) is 169 Å². The highest BCUT2D eigenvalue weighted by Gasteiger charge is 2.21. The summed E-state index contributed by atoms with van der Waals surface area (Å²) in [6, 6.07) is 29.4. The minimum absolute atomic E-state index is 0.0343. The molecule has 4 aromatic carbocycles. The molecule has 0 unspecified atom stereocenters. The Kier molecular flexibility index (Phi) is 11.7. The zero-order valence-electron chi connectivity index (χ0n) is 37.2. The predicted molar refractivity (Wildman–Crippen MR) is 263 cm³/mol. The number of aliphatic hydroxyl groups is 1. The summed E-state index contributed by atoms with van der Waals surface area (Å²) >= 11 is 3.21. The van der Waals surface area contributed by atoms with E-state index >= 15 is 0 Å². The predicted octanol–water partition coefficient (Wildman–Crippen LogP) is 10.5. The van der Waals surface area contributed by atoms with Crippen molar-refractivity contribution in [2.75, 3.05) is 66.5 Å². The number of anilines is 4. The van der Waals surface area contributed by atoms with E-state index in [0.717, 1.165) is 63.8 Å². The Balaban J connectivity index is 1.07. The van der Waals surface area contributed by atoms with E-state index in [-0.39, 0.29) is 6.61 Å². The van der Waals surface area contributed by atoms with Crippen molar-refractivity contribution in [3.63, 3.8) is 0 Å². The van der Waals surface area contributed by atoms with Crippen LogP contribution in [0.5, 0.6) is 40.2 Å². The number of aliphatic hydroxyl groups excluding tert-OH is 1. The molecule has 0 amide bonds. The lowest BCUT2D eigenvalue weighted by Gasteiger charge is -2.14. The van der Waals surface area contributed by atoms with Crippen LogP contribution in [-0.4, -0.2) is 90.2 Å². The summed E-state index contributed by atoms with van der Waals surface area (Å²) in [7, 11) is 9.75. The van der Waals surface area contributed by atoms with E-state index in [1.54, 1.807) is 65.3 Å². The van der Waals surface area contributed by atoms with Crippen molar-refractivity contribution in [1.82, 2.24) is 29.2 Å². The van der Waals surface area contributed by atoms with Gasteiger partial charge >= 0.3 is 0 Å². The van der Waals surface area contributed by atoms with Crippen LogP contribution >= 0.6 is 22.7 Å². The Morgan fingerprint density at radius 2 is 1.18 bits per heavy atom. The number of ether oxygens (including phenoxy) is 7. The van der Waals surface area contributed by atoms with Crippen LogP contribution in [0.3, 0.4) is 0 Å². The summed E-state index contributed by atoms with van der Waals surface area (Å²) in [5.41, 5.74) is 6.18. The molecule has 6 heterocycles. The summed E-state index contributed by atoms with van der Waals surface area (Å²) in [4.78, 5) is 11.6. The van der Waals surface area contributed by atoms with E-state index < -0.39 is 0 Å². The molecule has 3 N–H and O–H groups in total. The van der Waals surface area contributed by atoms with Gasteiger partial charge in [-0.1, -0.05) is 0 Å². The number of hydrogen-bond donors (Lipinski definition) is 3. The number of benzene rings is 4. The van der Waals surface area contributed by atoms with Gasteiger partial charge in [0.15, 0.2) is 57.4 Å². The maximum atomic E-state index is 9.28. The van der Waals surface area contributed by atoms with E-state index in [1.807, 2.05) is 94.2 Å². The van der Waals surface area contributed by atoms with Gasteiger partial charge in [-0.3, -0.25) is 0 Å². The number of rotatable bonds is 17. The fraction of sp³-hybridized carbons (Fsp3) is 0.184. The summed E-state index contributed by atoms with van der Waals surface area (Å²) in [5, 5.41) is 28.2. The third-order valence-electron chi connectivity index (χ3n) is 11.1. The van der Waals surface area contributed by atoms with E-state index in [1.165, 1.54) is 0 Å². The lowest BCUT2D eigenvalue weighted by molar-refractivity contribution is 0.228. The molecule has 18 heteroatoms. The number of fused-ring (bicyclic) bond motifs is 4. The Morgan fingerprint density at radius 3 is 1.93 bits per heavy atom. The van der Waals surface area contributed by atoms with Crippen LogP contribution < -0.4 is 43.8 Å². The number of thiophene rings is 2. The minimum Gasteiger partial charge on any atom is -0.495 e.